The Balaban J connectivity index is 2.22. The van der Waals surface area contributed by atoms with Crippen LogP contribution >= 0.6 is 11.6 Å². The van der Waals surface area contributed by atoms with Crippen molar-refractivity contribution in [1.82, 2.24) is 0 Å². The molecule has 0 spiro atoms. The highest BCUT2D eigenvalue weighted by Crippen LogP contribution is 2.23. The van der Waals surface area contributed by atoms with Gasteiger partial charge in [0, 0.05) is 5.56 Å². The first kappa shape index (κ1) is 16.2. The maximum absolute atomic E-state index is 12.3. The third-order valence-corrected chi connectivity index (χ3v) is 3.60. The molecule has 0 fully saturated rings. The minimum atomic E-state index is -0.598. The van der Waals surface area contributed by atoms with Gasteiger partial charge in [-0.1, -0.05) is 45.0 Å². The van der Waals surface area contributed by atoms with Gasteiger partial charge in [0.2, 0.25) is 0 Å². The molecule has 0 aliphatic carbocycles. The van der Waals surface area contributed by atoms with Crippen LogP contribution in [0.5, 0.6) is 0 Å². The van der Waals surface area contributed by atoms with Crippen molar-refractivity contribution < 1.29 is 9.59 Å². The van der Waals surface area contributed by atoms with Crippen LogP contribution in [-0.4, -0.2) is 11.1 Å². The zero-order valence-electron chi connectivity index (χ0n) is 12.8. The van der Waals surface area contributed by atoms with Crippen LogP contribution < -0.4 is 5.32 Å². The fourth-order valence-electron chi connectivity index (χ4n) is 2.08. The molecule has 0 unspecified atom stereocenters. The lowest BCUT2D eigenvalue weighted by atomic mass is 9.87. The van der Waals surface area contributed by atoms with Crippen molar-refractivity contribution in [3.05, 3.63) is 65.2 Å². The number of benzene rings is 2. The number of halogens is 1. The summed E-state index contributed by atoms with van der Waals surface area (Å²) in [7, 11) is 0. The van der Waals surface area contributed by atoms with E-state index in [1.807, 2.05) is 12.1 Å². The van der Waals surface area contributed by atoms with Crippen LogP contribution in [0.2, 0.25) is 0 Å². The maximum Gasteiger partial charge on any atom is 0.255 e. The van der Waals surface area contributed by atoms with Gasteiger partial charge in [0.05, 0.1) is 11.3 Å². The Hall–Kier alpha value is -2.13. The molecule has 1 amide bonds. The second-order valence-corrected chi connectivity index (χ2v) is 6.44. The summed E-state index contributed by atoms with van der Waals surface area (Å²) >= 11 is 5.52. The summed E-state index contributed by atoms with van der Waals surface area (Å²) in [5.74, 6) is -0.272. The van der Waals surface area contributed by atoms with Crippen molar-refractivity contribution in [3.63, 3.8) is 0 Å². The highest BCUT2D eigenvalue weighted by atomic mass is 35.5. The molecule has 2 aromatic rings. The van der Waals surface area contributed by atoms with Crippen LogP contribution in [0.25, 0.3) is 0 Å². The average molecular weight is 316 g/mol. The van der Waals surface area contributed by atoms with E-state index in [0.29, 0.717) is 11.3 Å². The van der Waals surface area contributed by atoms with Gasteiger partial charge in [-0.3, -0.25) is 9.59 Å². The highest BCUT2D eigenvalue weighted by molar-refractivity contribution is 6.68. The van der Waals surface area contributed by atoms with Gasteiger partial charge >= 0.3 is 0 Å². The summed E-state index contributed by atoms with van der Waals surface area (Å²) in [5, 5.41) is 2.12. The fraction of sp³-hybridized carbons (Fsp3) is 0.222. The molecule has 2 rings (SSSR count). The van der Waals surface area contributed by atoms with E-state index in [0.717, 1.165) is 5.56 Å². The zero-order valence-corrected chi connectivity index (χ0v) is 13.6. The number of carbonyl (C=O) groups is 2. The Morgan fingerprint density at radius 2 is 1.55 bits per heavy atom. The molecule has 0 atom stereocenters. The minimum absolute atomic E-state index is 0.0344. The number of rotatable bonds is 3. The molecule has 22 heavy (non-hydrogen) atoms. The number of amides is 1. The molecule has 0 aliphatic rings. The van der Waals surface area contributed by atoms with Crippen LogP contribution in [-0.2, 0) is 5.41 Å². The Morgan fingerprint density at radius 3 is 2.09 bits per heavy atom. The quantitative estimate of drug-likeness (QED) is 0.840. The molecule has 0 bridgehead atoms. The molecule has 0 aliphatic heterocycles. The van der Waals surface area contributed by atoms with Gasteiger partial charge in [0.15, 0.2) is 0 Å². The van der Waals surface area contributed by atoms with Crippen LogP contribution in [0.3, 0.4) is 0 Å². The summed E-state index contributed by atoms with van der Waals surface area (Å²) in [6.45, 7) is 6.35. The van der Waals surface area contributed by atoms with Crippen LogP contribution in [0.4, 0.5) is 5.69 Å². The topological polar surface area (TPSA) is 46.2 Å². The Morgan fingerprint density at radius 1 is 0.955 bits per heavy atom. The first-order valence-electron chi connectivity index (χ1n) is 7.00. The standard InChI is InChI=1S/C18H18ClNO2/c1-18(2,3)13-10-8-12(9-11-13)17(22)20-15-7-5-4-6-14(15)16(19)21/h4-11H,1-3H3,(H,20,22). The number of hydrogen-bond donors (Lipinski definition) is 1. The molecule has 3 nitrogen and oxygen atoms in total. The summed E-state index contributed by atoms with van der Waals surface area (Å²) in [5.41, 5.74) is 2.41. The zero-order chi connectivity index (χ0) is 16.3. The molecule has 0 heterocycles. The maximum atomic E-state index is 12.3. The lowest BCUT2D eigenvalue weighted by Gasteiger charge is -2.19. The highest BCUT2D eigenvalue weighted by Gasteiger charge is 2.15. The van der Waals surface area contributed by atoms with Crippen molar-refractivity contribution in [2.45, 2.75) is 26.2 Å². The molecular weight excluding hydrogens is 298 g/mol. The van der Waals surface area contributed by atoms with Crippen molar-refractivity contribution in [2.24, 2.45) is 0 Å². The summed E-state index contributed by atoms with van der Waals surface area (Å²) < 4.78 is 0. The monoisotopic (exact) mass is 315 g/mol. The lowest BCUT2D eigenvalue weighted by Crippen LogP contribution is -2.15. The van der Waals surface area contributed by atoms with E-state index >= 15 is 0 Å². The molecule has 0 saturated heterocycles. The van der Waals surface area contributed by atoms with Gasteiger partial charge in [-0.25, -0.2) is 0 Å². The number of para-hydroxylation sites is 1. The fourth-order valence-corrected chi connectivity index (χ4v) is 2.24. The van der Waals surface area contributed by atoms with Crippen molar-refractivity contribution in [3.8, 4) is 0 Å². The van der Waals surface area contributed by atoms with Gasteiger partial charge in [0.1, 0.15) is 0 Å². The largest absolute Gasteiger partial charge is 0.321 e. The third kappa shape index (κ3) is 3.74. The first-order chi connectivity index (χ1) is 10.3. The molecule has 1 N–H and O–H groups in total. The van der Waals surface area contributed by atoms with Crippen molar-refractivity contribution >= 4 is 28.4 Å². The summed E-state index contributed by atoms with van der Waals surface area (Å²) in [4.78, 5) is 23.6. The van der Waals surface area contributed by atoms with E-state index in [1.54, 1.807) is 36.4 Å². The Kier molecular flexibility index (Phi) is 4.67. The van der Waals surface area contributed by atoms with Gasteiger partial charge in [-0.05, 0) is 46.8 Å². The molecule has 114 valence electrons. The molecule has 0 radical (unpaired) electrons. The molecule has 0 saturated carbocycles. The number of nitrogens with one attached hydrogen (secondary N) is 1. The first-order valence-corrected chi connectivity index (χ1v) is 7.37. The van der Waals surface area contributed by atoms with E-state index in [-0.39, 0.29) is 16.9 Å². The molecule has 0 aromatic heterocycles. The minimum Gasteiger partial charge on any atom is -0.321 e. The van der Waals surface area contributed by atoms with Crippen LogP contribution in [0.15, 0.2) is 48.5 Å². The smallest absolute Gasteiger partial charge is 0.255 e. The number of hydrogen-bond acceptors (Lipinski definition) is 2. The second-order valence-electron chi connectivity index (χ2n) is 6.10. The predicted octanol–water partition coefficient (Wildman–Crippen LogP) is 4.62. The van der Waals surface area contributed by atoms with E-state index in [9.17, 15) is 9.59 Å². The normalized spacial score (nSPS) is 11.1. The average Bonchev–Trinajstić information content (AvgIpc) is 2.46. The number of carbonyl (C=O) groups excluding carboxylic acids is 2. The van der Waals surface area contributed by atoms with Gasteiger partial charge in [-0.2, -0.15) is 0 Å². The van der Waals surface area contributed by atoms with E-state index in [2.05, 4.69) is 26.1 Å². The van der Waals surface area contributed by atoms with Crippen molar-refractivity contribution in [2.75, 3.05) is 5.32 Å². The molecular formula is C18H18ClNO2. The number of anilines is 1. The van der Waals surface area contributed by atoms with Crippen molar-refractivity contribution in [1.29, 1.82) is 0 Å². The van der Waals surface area contributed by atoms with Gasteiger partial charge in [0.25, 0.3) is 11.1 Å². The predicted molar refractivity (Wildman–Crippen MR) is 89.7 cm³/mol. The van der Waals surface area contributed by atoms with Crippen LogP contribution in [0.1, 0.15) is 47.1 Å². The molecule has 4 heteroatoms. The van der Waals surface area contributed by atoms with E-state index in [1.165, 1.54) is 0 Å². The second kappa shape index (κ2) is 6.32. The van der Waals surface area contributed by atoms with E-state index in [4.69, 9.17) is 11.6 Å². The van der Waals surface area contributed by atoms with Gasteiger partial charge < -0.3 is 5.32 Å². The van der Waals surface area contributed by atoms with Gasteiger partial charge in [-0.15, -0.1) is 0 Å². The Bertz CT molecular complexity index is 700. The Labute approximate surface area is 135 Å². The summed E-state index contributed by atoms with van der Waals surface area (Å²) in [6, 6.07) is 14.1. The van der Waals surface area contributed by atoms with Crippen LogP contribution in [0, 0.1) is 0 Å². The lowest BCUT2D eigenvalue weighted by molar-refractivity contribution is 0.102. The van der Waals surface area contributed by atoms with E-state index < -0.39 is 5.24 Å². The third-order valence-electron chi connectivity index (χ3n) is 3.40. The molecule has 2 aromatic carbocycles. The SMILES string of the molecule is CC(C)(C)c1ccc(C(=O)Nc2ccccc2C(=O)Cl)cc1. The summed E-state index contributed by atoms with van der Waals surface area (Å²) in [6.07, 6.45) is 0.